The molecule has 75 heavy (non-hydrogen) atoms. The fraction of sp³-hybridized carbons (Fsp3) is 0.870. The summed E-state index contributed by atoms with van der Waals surface area (Å²) in [5.74, 6) is -0.850. The molecule has 6 nitrogen and oxygen atoms in total. The lowest BCUT2D eigenvalue weighted by Gasteiger charge is -2.18. The van der Waals surface area contributed by atoms with Gasteiger partial charge in [0.2, 0.25) is 0 Å². The van der Waals surface area contributed by atoms with Crippen LogP contribution >= 0.6 is 0 Å². The Kier molecular flexibility index (Phi) is 62.1. The van der Waals surface area contributed by atoms with E-state index in [0.29, 0.717) is 19.3 Å². The van der Waals surface area contributed by atoms with Crippen molar-refractivity contribution >= 4 is 17.9 Å². The van der Waals surface area contributed by atoms with E-state index in [1.807, 2.05) is 0 Å². The van der Waals surface area contributed by atoms with E-state index in [9.17, 15) is 14.4 Å². The number of esters is 3. The SMILES string of the molecule is CCCCCCC/C=C\C/C=C\CCCCCCCCCCCCCC(=O)OC(COC(=O)CCCCCCCCCCC)COC(=O)CCCCCCCCCCCCCCC/C=C\CCCCCCCCCC. The van der Waals surface area contributed by atoms with Gasteiger partial charge in [0, 0.05) is 19.3 Å². The van der Waals surface area contributed by atoms with Gasteiger partial charge in [0.15, 0.2) is 6.10 Å². The maximum Gasteiger partial charge on any atom is 0.306 e. The number of carbonyl (C=O) groups excluding carboxylic acids is 3. The van der Waals surface area contributed by atoms with E-state index in [1.54, 1.807) is 0 Å². The number of rotatable bonds is 62. The average Bonchev–Trinajstić information content (AvgIpc) is 3.41. The van der Waals surface area contributed by atoms with Crippen LogP contribution in [0.1, 0.15) is 367 Å². The highest BCUT2D eigenvalue weighted by Gasteiger charge is 2.19. The van der Waals surface area contributed by atoms with Gasteiger partial charge in [0.25, 0.3) is 0 Å². The molecule has 440 valence electrons. The second-order valence-corrected chi connectivity index (χ2v) is 22.7. The van der Waals surface area contributed by atoms with Crippen LogP contribution in [0.4, 0.5) is 0 Å². The Hall–Kier alpha value is -2.37. The predicted molar refractivity (Wildman–Crippen MR) is 326 cm³/mol. The molecule has 0 aromatic carbocycles. The molecule has 0 heterocycles. The molecule has 1 atom stereocenters. The quantitative estimate of drug-likeness (QED) is 0.0261. The van der Waals surface area contributed by atoms with Crippen molar-refractivity contribution in [1.82, 2.24) is 0 Å². The zero-order chi connectivity index (χ0) is 54.3. The van der Waals surface area contributed by atoms with Gasteiger partial charge >= 0.3 is 17.9 Å². The number of unbranched alkanes of at least 4 members (excludes halogenated alkanes) is 45. The van der Waals surface area contributed by atoms with Crippen LogP contribution in [0.2, 0.25) is 0 Å². The third kappa shape index (κ3) is 62.4. The van der Waals surface area contributed by atoms with E-state index in [1.165, 1.54) is 263 Å². The van der Waals surface area contributed by atoms with E-state index in [0.717, 1.165) is 64.2 Å². The minimum absolute atomic E-state index is 0.0685. The summed E-state index contributed by atoms with van der Waals surface area (Å²) in [6, 6.07) is 0. The number of ether oxygens (including phenoxy) is 3. The first-order valence-corrected chi connectivity index (χ1v) is 33.5. The lowest BCUT2D eigenvalue weighted by molar-refractivity contribution is -0.167. The highest BCUT2D eigenvalue weighted by atomic mass is 16.6. The normalized spacial score (nSPS) is 12.2. The second kappa shape index (κ2) is 64.2. The third-order valence-corrected chi connectivity index (χ3v) is 15.1. The lowest BCUT2D eigenvalue weighted by Crippen LogP contribution is -2.30. The monoisotopic (exact) mass is 1050 g/mol. The van der Waals surface area contributed by atoms with Gasteiger partial charge in [-0.3, -0.25) is 14.4 Å². The van der Waals surface area contributed by atoms with Gasteiger partial charge in [-0.05, 0) is 77.0 Å². The molecule has 1 unspecified atom stereocenters. The smallest absolute Gasteiger partial charge is 0.306 e. The van der Waals surface area contributed by atoms with Crippen molar-refractivity contribution in [3.8, 4) is 0 Å². The molecule has 0 radical (unpaired) electrons. The summed E-state index contributed by atoms with van der Waals surface area (Å²) in [6.45, 7) is 6.67. The van der Waals surface area contributed by atoms with Crippen LogP contribution in [0, 0.1) is 0 Å². The van der Waals surface area contributed by atoms with Gasteiger partial charge in [-0.2, -0.15) is 0 Å². The maximum absolute atomic E-state index is 12.9. The summed E-state index contributed by atoms with van der Waals surface area (Å²) in [6.07, 6.45) is 78.9. The minimum atomic E-state index is -0.770. The third-order valence-electron chi connectivity index (χ3n) is 15.1. The zero-order valence-corrected chi connectivity index (χ0v) is 50.6. The molecule has 0 aromatic heterocycles. The largest absolute Gasteiger partial charge is 0.462 e. The standard InChI is InChI=1S/C69H128O6/c1-4-7-10-13-16-19-21-23-25-27-29-31-33-34-36-37-39-41-43-45-47-50-53-56-59-62-68(71)74-65-66(64-73-67(70)61-58-55-52-49-18-15-12-9-6-3)75-69(72)63-60-57-54-51-48-46-44-42-40-38-35-32-30-28-26-24-22-20-17-14-11-8-5-2/h22,24,27-30,66H,4-21,23,25-26,31-65H2,1-3H3/b24-22-,29-27-,30-28-. The predicted octanol–water partition coefficient (Wildman–Crippen LogP) is 22.8. The van der Waals surface area contributed by atoms with Crippen molar-refractivity contribution < 1.29 is 28.6 Å². The Morgan fingerprint density at radius 1 is 0.267 bits per heavy atom. The lowest BCUT2D eigenvalue weighted by atomic mass is 10.0. The Morgan fingerprint density at radius 3 is 0.747 bits per heavy atom. The van der Waals surface area contributed by atoms with E-state index < -0.39 is 6.10 Å². The minimum Gasteiger partial charge on any atom is -0.462 e. The first kappa shape index (κ1) is 72.6. The molecule has 0 aliphatic carbocycles. The molecule has 0 N–H and O–H groups in total. The second-order valence-electron chi connectivity index (χ2n) is 22.7. The van der Waals surface area contributed by atoms with Gasteiger partial charge < -0.3 is 14.2 Å². The molecule has 0 amide bonds. The molecule has 0 spiro atoms. The summed E-state index contributed by atoms with van der Waals surface area (Å²) in [5, 5.41) is 0. The summed E-state index contributed by atoms with van der Waals surface area (Å²) in [7, 11) is 0. The molecule has 6 heteroatoms. The van der Waals surface area contributed by atoms with Crippen molar-refractivity contribution in [2.75, 3.05) is 13.2 Å². The highest BCUT2D eigenvalue weighted by Crippen LogP contribution is 2.18. The molecule has 0 saturated carbocycles. The molecule has 0 fully saturated rings. The van der Waals surface area contributed by atoms with Crippen LogP contribution < -0.4 is 0 Å². The van der Waals surface area contributed by atoms with Gasteiger partial charge in [0.05, 0.1) is 0 Å². The number of allylic oxidation sites excluding steroid dienone is 6. The van der Waals surface area contributed by atoms with Crippen molar-refractivity contribution in [1.29, 1.82) is 0 Å². The maximum atomic E-state index is 12.9. The van der Waals surface area contributed by atoms with E-state index in [4.69, 9.17) is 14.2 Å². The fourth-order valence-corrected chi connectivity index (χ4v) is 10.1. The zero-order valence-electron chi connectivity index (χ0n) is 50.6. The Bertz CT molecular complexity index is 1250. The van der Waals surface area contributed by atoms with Gasteiger partial charge in [0.1, 0.15) is 13.2 Å². The summed E-state index contributed by atoms with van der Waals surface area (Å²) >= 11 is 0. The van der Waals surface area contributed by atoms with Gasteiger partial charge in [-0.15, -0.1) is 0 Å². The molecule has 0 rings (SSSR count). The molecule has 0 aliphatic heterocycles. The molecule has 0 aromatic rings. The Balaban J connectivity index is 4.15. The molecular formula is C69H128O6. The molecule has 0 aliphatic rings. The van der Waals surface area contributed by atoms with E-state index >= 15 is 0 Å². The van der Waals surface area contributed by atoms with Crippen molar-refractivity contribution in [3.63, 3.8) is 0 Å². The average molecular weight is 1050 g/mol. The van der Waals surface area contributed by atoms with E-state index in [2.05, 4.69) is 57.2 Å². The van der Waals surface area contributed by atoms with Crippen LogP contribution in [-0.4, -0.2) is 37.2 Å². The van der Waals surface area contributed by atoms with Crippen molar-refractivity contribution in [2.24, 2.45) is 0 Å². The Labute approximate surface area is 467 Å². The summed E-state index contributed by atoms with van der Waals surface area (Å²) in [5.41, 5.74) is 0. The van der Waals surface area contributed by atoms with Crippen molar-refractivity contribution in [2.45, 2.75) is 374 Å². The first-order valence-electron chi connectivity index (χ1n) is 33.5. The number of hydrogen-bond acceptors (Lipinski definition) is 6. The molecule has 0 saturated heterocycles. The fourth-order valence-electron chi connectivity index (χ4n) is 10.1. The van der Waals surface area contributed by atoms with Crippen LogP contribution in [-0.2, 0) is 28.6 Å². The van der Waals surface area contributed by atoms with Gasteiger partial charge in [-0.1, -0.05) is 308 Å². The summed E-state index contributed by atoms with van der Waals surface area (Å²) in [4.78, 5) is 38.2. The number of carbonyl (C=O) groups is 3. The van der Waals surface area contributed by atoms with Crippen LogP contribution in [0.25, 0.3) is 0 Å². The van der Waals surface area contributed by atoms with Crippen LogP contribution in [0.5, 0.6) is 0 Å². The highest BCUT2D eigenvalue weighted by molar-refractivity contribution is 5.71. The molecular weight excluding hydrogens is 925 g/mol. The van der Waals surface area contributed by atoms with Gasteiger partial charge in [-0.25, -0.2) is 0 Å². The van der Waals surface area contributed by atoms with E-state index in [-0.39, 0.29) is 31.1 Å². The summed E-state index contributed by atoms with van der Waals surface area (Å²) < 4.78 is 16.9. The van der Waals surface area contributed by atoms with Crippen molar-refractivity contribution in [3.05, 3.63) is 36.5 Å². The Morgan fingerprint density at radius 2 is 0.480 bits per heavy atom. The first-order chi connectivity index (χ1) is 37.0. The van der Waals surface area contributed by atoms with Crippen LogP contribution in [0.15, 0.2) is 36.5 Å². The van der Waals surface area contributed by atoms with Crippen LogP contribution in [0.3, 0.4) is 0 Å². The molecule has 0 bridgehead atoms. The number of hydrogen-bond donors (Lipinski definition) is 0. The topological polar surface area (TPSA) is 78.9 Å².